The number of halogens is 1. The molecule has 1 N–H and O–H groups in total. The van der Waals surface area contributed by atoms with Crippen molar-refractivity contribution in [1.82, 2.24) is 9.62 Å². The van der Waals surface area contributed by atoms with E-state index in [9.17, 15) is 17.6 Å². The minimum atomic E-state index is -3.67. The smallest absolute Gasteiger partial charge is 0.241 e. The highest BCUT2D eigenvalue weighted by atomic mass is 32.2. The molecule has 7 heteroatoms. The van der Waals surface area contributed by atoms with Gasteiger partial charge in [-0.1, -0.05) is 60.7 Å². The Labute approximate surface area is 188 Å². The van der Waals surface area contributed by atoms with E-state index in [1.165, 1.54) is 11.0 Å². The van der Waals surface area contributed by atoms with Crippen molar-refractivity contribution in [2.24, 2.45) is 0 Å². The molecule has 32 heavy (non-hydrogen) atoms. The van der Waals surface area contributed by atoms with Crippen molar-refractivity contribution in [3.63, 3.8) is 0 Å². The normalized spacial score (nSPS) is 12.3. The van der Waals surface area contributed by atoms with Gasteiger partial charge in [-0.2, -0.15) is 0 Å². The van der Waals surface area contributed by atoms with Crippen molar-refractivity contribution < 1.29 is 17.6 Å². The van der Waals surface area contributed by atoms with Crippen LogP contribution < -0.4 is 4.72 Å². The average Bonchev–Trinajstić information content (AvgIpc) is 2.79. The first kappa shape index (κ1) is 23.6. The molecule has 0 aromatic heterocycles. The van der Waals surface area contributed by atoms with Gasteiger partial charge in [-0.3, -0.25) is 4.79 Å². The average molecular weight is 455 g/mol. The number of aryl methyl sites for hydroxylation is 1. The number of hydrogen-bond donors (Lipinski definition) is 1. The minimum Gasteiger partial charge on any atom is -0.341 e. The molecule has 5 nitrogen and oxygen atoms in total. The van der Waals surface area contributed by atoms with Crippen molar-refractivity contribution in [2.75, 3.05) is 7.05 Å². The van der Waals surface area contributed by atoms with Gasteiger partial charge in [-0.15, -0.1) is 0 Å². The highest BCUT2D eigenvalue weighted by Gasteiger charge is 2.18. The van der Waals surface area contributed by atoms with E-state index < -0.39 is 10.0 Å². The SMILES string of the molecule is C[C@H](NS(=O)(=O)c1ccc(CCC(=O)N(C)Cc2ccccc2F)cc1)c1ccccc1. The molecule has 168 valence electrons. The number of rotatable bonds is 9. The molecule has 1 atom stereocenters. The Morgan fingerprint density at radius 2 is 1.59 bits per heavy atom. The maximum absolute atomic E-state index is 13.8. The Bertz CT molecular complexity index is 1150. The van der Waals surface area contributed by atoms with Gasteiger partial charge in [-0.05, 0) is 42.7 Å². The van der Waals surface area contributed by atoms with Crippen molar-refractivity contribution in [3.05, 3.63) is 101 Å². The van der Waals surface area contributed by atoms with Crippen LogP contribution in [-0.4, -0.2) is 26.3 Å². The van der Waals surface area contributed by atoms with Crippen molar-refractivity contribution >= 4 is 15.9 Å². The van der Waals surface area contributed by atoms with E-state index in [0.717, 1.165) is 11.1 Å². The summed E-state index contributed by atoms with van der Waals surface area (Å²) in [6.07, 6.45) is 0.717. The van der Waals surface area contributed by atoms with Gasteiger partial charge in [0.05, 0.1) is 4.90 Å². The molecule has 0 saturated heterocycles. The van der Waals surface area contributed by atoms with E-state index >= 15 is 0 Å². The quantitative estimate of drug-likeness (QED) is 0.519. The molecule has 0 bridgehead atoms. The third kappa shape index (κ3) is 6.24. The van der Waals surface area contributed by atoms with Crippen LogP contribution in [0, 0.1) is 5.82 Å². The molecule has 0 spiro atoms. The number of amides is 1. The van der Waals surface area contributed by atoms with E-state index in [1.807, 2.05) is 30.3 Å². The first-order valence-electron chi connectivity index (χ1n) is 10.4. The van der Waals surface area contributed by atoms with Gasteiger partial charge >= 0.3 is 0 Å². The second-order valence-corrected chi connectivity index (χ2v) is 9.45. The Balaban J connectivity index is 1.56. The van der Waals surface area contributed by atoms with Crippen molar-refractivity contribution in [2.45, 2.75) is 37.2 Å². The molecule has 3 aromatic carbocycles. The Kier molecular flexibility index (Phi) is 7.77. The first-order valence-corrected chi connectivity index (χ1v) is 11.9. The predicted octanol–water partition coefficient (Wildman–Crippen LogP) is 4.46. The van der Waals surface area contributed by atoms with Crippen molar-refractivity contribution in [1.29, 1.82) is 0 Å². The summed E-state index contributed by atoms with van der Waals surface area (Å²) in [6.45, 7) is 2.00. The third-order valence-electron chi connectivity index (χ3n) is 5.28. The summed E-state index contributed by atoms with van der Waals surface area (Å²) < 4.78 is 41.8. The van der Waals surface area contributed by atoms with E-state index in [1.54, 1.807) is 56.4 Å². The van der Waals surface area contributed by atoms with Crippen molar-refractivity contribution in [3.8, 4) is 0 Å². The molecule has 0 unspecified atom stereocenters. The minimum absolute atomic E-state index is 0.108. The summed E-state index contributed by atoms with van der Waals surface area (Å²) in [6, 6.07) is 21.9. The van der Waals surface area contributed by atoms with E-state index in [4.69, 9.17) is 0 Å². The molecule has 0 fully saturated rings. The Morgan fingerprint density at radius 3 is 2.25 bits per heavy atom. The number of hydrogen-bond acceptors (Lipinski definition) is 3. The fraction of sp³-hybridized carbons (Fsp3) is 0.240. The molecule has 1 amide bonds. The zero-order chi connectivity index (χ0) is 23.1. The number of sulfonamides is 1. The van der Waals surface area contributed by atoms with Crippen LogP contribution in [0.4, 0.5) is 4.39 Å². The third-order valence-corrected chi connectivity index (χ3v) is 6.84. The predicted molar refractivity (Wildman–Crippen MR) is 123 cm³/mol. The van der Waals surface area contributed by atoms with Crippen LogP contribution in [0.1, 0.15) is 36.1 Å². The standard InChI is InChI=1S/C25H27FN2O3S/c1-19(21-8-4-3-5-9-21)27-32(30,31)23-15-12-20(13-16-23)14-17-25(29)28(2)18-22-10-6-7-11-24(22)26/h3-13,15-16,19,27H,14,17-18H2,1-2H3/t19-/m0/s1. The van der Waals surface area contributed by atoms with Gasteiger partial charge < -0.3 is 4.90 Å². The topological polar surface area (TPSA) is 66.5 Å². The molecule has 0 saturated carbocycles. The molecule has 3 rings (SSSR count). The molecule has 0 aliphatic heterocycles. The molecular formula is C25H27FN2O3S. The Morgan fingerprint density at radius 1 is 0.969 bits per heavy atom. The summed E-state index contributed by atoms with van der Waals surface area (Å²) in [5.74, 6) is -0.442. The number of benzene rings is 3. The lowest BCUT2D eigenvalue weighted by molar-refractivity contribution is -0.130. The van der Waals surface area contributed by atoms with Gasteiger partial charge in [0.2, 0.25) is 15.9 Å². The molecule has 0 aliphatic rings. The molecule has 0 radical (unpaired) electrons. The lowest BCUT2D eigenvalue weighted by Crippen LogP contribution is -2.27. The van der Waals surface area contributed by atoms with Crippen LogP contribution in [0.5, 0.6) is 0 Å². The monoisotopic (exact) mass is 454 g/mol. The van der Waals surface area contributed by atoms with Crippen LogP contribution in [-0.2, 0) is 27.8 Å². The second-order valence-electron chi connectivity index (χ2n) is 7.74. The lowest BCUT2D eigenvalue weighted by atomic mass is 10.1. The maximum atomic E-state index is 13.8. The molecule has 0 heterocycles. The molecule has 0 aliphatic carbocycles. The fourth-order valence-corrected chi connectivity index (χ4v) is 4.59. The van der Waals surface area contributed by atoms with Crippen LogP contribution >= 0.6 is 0 Å². The summed E-state index contributed by atoms with van der Waals surface area (Å²) in [5, 5.41) is 0. The van der Waals surface area contributed by atoms with Crippen LogP contribution in [0.25, 0.3) is 0 Å². The van der Waals surface area contributed by atoms with E-state index in [-0.39, 0.29) is 35.6 Å². The van der Waals surface area contributed by atoms with Crippen LogP contribution in [0.3, 0.4) is 0 Å². The summed E-state index contributed by atoms with van der Waals surface area (Å²) in [7, 11) is -2.03. The summed E-state index contributed by atoms with van der Waals surface area (Å²) in [5.41, 5.74) is 2.20. The van der Waals surface area contributed by atoms with E-state index in [0.29, 0.717) is 12.0 Å². The number of nitrogens with zero attached hydrogens (tertiary/aromatic N) is 1. The van der Waals surface area contributed by atoms with Gasteiger partial charge in [0.15, 0.2) is 0 Å². The van der Waals surface area contributed by atoms with Crippen LogP contribution in [0.2, 0.25) is 0 Å². The molecular weight excluding hydrogens is 427 g/mol. The second kappa shape index (κ2) is 10.5. The van der Waals surface area contributed by atoms with Gasteiger partial charge in [-0.25, -0.2) is 17.5 Å². The lowest BCUT2D eigenvalue weighted by Gasteiger charge is -2.18. The zero-order valence-corrected chi connectivity index (χ0v) is 19.0. The van der Waals surface area contributed by atoms with Gasteiger partial charge in [0.1, 0.15) is 5.82 Å². The first-order chi connectivity index (χ1) is 15.3. The maximum Gasteiger partial charge on any atom is 0.241 e. The van der Waals surface area contributed by atoms with E-state index in [2.05, 4.69) is 4.72 Å². The van der Waals surface area contributed by atoms with Gasteiger partial charge in [0.25, 0.3) is 0 Å². The zero-order valence-electron chi connectivity index (χ0n) is 18.2. The number of carbonyl (C=O) groups excluding carboxylic acids is 1. The largest absolute Gasteiger partial charge is 0.341 e. The molecule has 3 aromatic rings. The summed E-state index contributed by atoms with van der Waals surface area (Å²) in [4.78, 5) is 14.1. The number of carbonyl (C=O) groups is 1. The Hall–Kier alpha value is -3.03. The fourth-order valence-electron chi connectivity index (χ4n) is 3.36. The number of nitrogens with one attached hydrogen (secondary N) is 1. The van der Waals surface area contributed by atoms with Gasteiger partial charge in [0, 0.05) is 31.6 Å². The highest BCUT2D eigenvalue weighted by molar-refractivity contribution is 7.89. The summed E-state index contributed by atoms with van der Waals surface area (Å²) >= 11 is 0. The highest BCUT2D eigenvalue weighted by Crippen LogP contribution is 2.18. The van der Waals surface area contributed by atoms with Crippen LogP contribution in [0.15, 0.2) is 83.8 Å².